The van der Waals surface area contributed by atoms with E-state index in [0.717, 1.165) is 37.1 Å². The molecule has 2 aromatic rings. The van der Waals surface area contributed by atoms with E-state index < -0.39 is 0 Å². The minimum atomic E-state index is -0.171. The molecular weight excluding hydrogens is 246 g/mol. The molecule has 2 nitrogen and oxygen atoms in total. The van der Waals surface area contributed by atoms with Crippen LogP contribution >= 0.6 is 0 Å². The molecule has 0 bridgehead atoms. The number of hydrogen-bond acceptors (Lipinski definition) is 1. The van der Waals surface area contributed by atoms with E-state index in [1.54, 1.807) is 0 Å². The lowest BCUT2D eigenvalue weighted by Gasteiger charge is -2.24. The van der Waals surface area contributed by atoms with Crippen molar-refractivity contribution in [2.75, 3.05) is 13.1 Å². The molecule has 102 valence electrons. The zero-order valence-corrected chi connectivity index (χ0v) is 11.5. The average Bonchev–Trinajstić information content (AvgIpc) is 3.04. The zero-order chi connectivity index (χ0) is 13.8. The van der Waals surface area contributed by atoms with Crippen molar-refractivity contribution >= 4 is 5.91 Å². The third-order valence-electron chi connectivity index (χ3n) is 3.93. The largest absolute Gasteiger partial charge is 0.342 e. The second-order valence-corrected chi connectivity index (χ2v) is 5.29. The first-order valence-corrected chi connectivity index (χ1v) is 7.25. The Bertz CT molecular complexity index is 519. The monoisotopic (exact) mass is 265 g/mol. The molecule has 0 N–H and O–H groups in total. The Hall–Kier alpha value is -2.09. The van der Waals surface area contributed by atoms with Gasteiger partial charge < -0.3 is 4.90 Å². The lowest BCUT2D eigenvalue weighted by atomic mass is 9.90. The van der Waals surface area contributed by atoms with E-state index in [2.05, 4.69) is 0 Å². The van der Waals surface area contributed by atoms with Crippen LogP contribution in [0, 0.1) is 0 Å². The molecule has 1 aliphatic heterocycles. The molecule has 0 spiro atoms. The maximum atomic E-state index is 12.9. The maximum Gasteiger partial charge on any atom is 0.234 e. The highest BCUT2D eigenvalue weighted by Gasteiger charge is 2.28. The first kappa shape index (κ1) is 12.9. The summed E-state index contributed by atoms with van der Waals surface area (Å²) in [7, 11) is 0. The van der Waals surface area contributed by atoms with Crippen LogP contribution in [0.15, 0.2) is 60.7 Å². The van der Waals surface area contributed by atoms with Gasteiger partial charge in [-0.05, 0) is 24.0 Å². The van der Waals surface area contributed by atoms with Crippen LogP contribution in [0.2, 0.25) is 0 Å². The fourth-order valence-corrected chi connectivity index (χ4v) is 2.89. The number of nitrogens with zero attached hydrogens (tertiary/aromatic N) is 1. The topological polar surface area (TPSA) is 20.3 Å². The number of likely N-dealkylation sites (tertiary alicyclic amines) is 1. The average molecular weight is 265 g/mol. The van der Waals surface area contributed by atoms with E-state index in [1.807, 2.05) is 65.6 Å². The molecule has 3 rings (SSSR count). The minimum absolute atomic E-state index is 0.171. The van der Waals surface area contributed by atoms with Crippen LogP contribution in [0.5, 0.6) is 0 Å². The van der Waals surface area contributed by atoms with Crippen molar-refractivity contribution in [2.45, 2.75) is 18.8 Å². The standard InChI is InChI=1S/C18H19NO/c20-18(19-13-7-8-14-19)17(15-9-3-1-4-10-15)16-11-5-2-6-12-16/h1-6,9-12,17H,7-8,13-14H2. The van der Waals surface area contributed by atoms with Gasteiger partial charge in [0, 0.05) is 13.1 Å². The highest BCUT2D eigenvalue weighted by molar-refractivity contribution is 5.87. The second-order valence-electron chi connectivity index (χ2n) is 5.29. The lowest BCUT2D eigenvalue weighted by Crippen LogP contribution is -2.33. The van der Waals surface area contributed by atoms with Crippen molar-refractivity contribution in [2.24, 2.45) is 0 Å². The van der Waals surface area contributed by atoms with Crippen molar-refractivity contribution in [1.29, 1.82) is 0 Å². The van der Waals surface area contributed by atoms with Gasteiger partial charge in [0.1, 0.15) is 0 Å². The molecular formula is C18H19NO. The fraction of sp³-hybridized carbons (Fsp3) is 0.278. The van der Waals surface area contributed by atoms with Crippen LogP contribution in [0.1, 0.15) is 29.9 Å². The summed E-state index contributed by atoms with van der Waals surface area (Å²) in [6.45, 7) is 1.80. The third kappa shape index (κ3) is 2.60. The maximum absolute atomic E-state index is 12.9. The van der Waals surface area contributed by atoms with Gasteiger partial charge in [0.05, 0.1) is 5.92 Å². The normalized spacial score (nSPS) is 14.8. The van der Waals surface area contributed by atoms with E-state index >= 15 is 0 Å². The highest BCUT2D eigenvalue weighted by atomic mass is 16.2. The number of carbonyl (C=O) groups is 1. The quantitative estimate of drug-likeness (QED) is 0.832. The van der Waals surface area contributed by atoms with Gasteiger partial charge in [-0.15, -0.1) is 0 Å². The van der Waals surface area contributed by atoms with Gasteiger partial charge >= 0.3 is 0 Å². The number of rotatable bonds is 3. The molecule has 0 aliphatic carbocycles. The van der Waals surface area contributed by atoms with Gasteiger partial charge in [-0.3, -0.25) is 4.79 Å². The molecule has 1 heterocycles. The Balaban J connectivity index is 1.97. The summed E-state index contributed by atoms with van der Waals surface area (Å²) in [5.74, 6) is 0.0652. The van der Waals surface area contributed by atoms with Crippen LogP contribution in [0.25, 0.3) is 0 Å². The van der Waals surface area contributed by atoms with Gasteiger partial charge in [0.15, 0.2) is 0 Å². The molecule has 2 aromatic carbocycles. The predicted molar refractivity (Wildman–Crippen MR) is 80.5 cm³/mol. The molecule has 1 saturated heterocycles. The highest BCUT2D eigenvalue weighted by Crippen LogP contribution is 2.28. The minimum Gasteiger partial charge on any atom is -0.342 e. The van der Waals surface area contributed by atoms with Gasteiger partial charge in [-0.1, -0.05) is 60.7 Å². The van der Waals surface area contributed by atoms with Crippen LogP contribution in [-0.2, 0) is 4.79 Å². The van der Waals surface area contributed by atoms with Crippen molar-refractivity contribution in [3.8, 4) is 0 Å². The molecule has 0 atom stereocenters. The third-order valence-corrected chi connectivity index (χ3v) is 3.93. The van der Waals surface area contributed by atoms with E-state index in [0.29, 0.717) is 0 Å². The SMILES string of the molecule is O=C(C(c1ccccc1)c1ccccc1)N1CCCC1. The Labute approximate surface area is 120 Å². The number of benzene rings is 2. The molecule has 20 heavy (non-hydrogen) atoms. The summed E-state index contributed by atoms with van der Waals surface area (Å²) >= 11 is 0. The second kappa shape index (κ2) is 5.91. The molecule has 0 saturated carbocycles. The van der Waals surface area contributed by atoms with Crippen LogP contribution < -0.4 is 0 Å². The molecule has 0 unspecified atom stereocenters. The summed E-state index contributed by atoms with van der Waals surface area (Å²) in [5.41, 5.74) is 2.16. The molecule has 0 aromatic heterocycles. The Kier molecular flexibility index (Phi) is 3.82. The summed E-state index contributed by atoms with van der Waals surface area (Å²) in [4.78, 5) is 14.9. The van der Waals surface area contributed by atoms with E-state index in [1.165, 1.54) is 0 Å². The molecule has 2 heteroatoms. The van der Waals surface area contributed by atoms with Crippen molar-refractivity contribution in [1.82, 2.24) is 4.90 Å². The molecule has 1 fully saturated rings. The van der Waals surface area contributed by atoms with Crippen molar-refractivity contribution < 1.29 is 4.79 Å². The number of carbonyl (C=O) groups excluding carboxylic acids is 1. The Morgan fingerprint density at radius 2 is 1.25 bits per heavy atom. The van der Waals surface area contributed by atoms with Crippen LogP contribution in [-0.4, -0.2) is 23.9 Å². The van der Waals surface area contributed by atoms with E-state index in [4.69, 9.17) is 0 Å². The number of amides is 1. The van der Waals surface area contributed by atoms with Gasteiger partial charge in [-0.2, -0.15) is 0 Å². The van der Waals surface area contributed by atoms with Crippen molar-refractivity contribution in [3.63, 3.8) is 0 Å². The number of hydrogen-bond donors (Lipinski definition) is 0. The van der Waals surface area contributed by atoms with Crippen LogP contribution in [0.3, 0.4) is 0 Å². The fourth-order valence-electron chi connectivity index (χ4n) is 2.89. The smallest absolute Gasteiger partial charge is 0.234 e. The van der Waals surface area contributed by atoms with E-state index in [9.17, 15) is 4.79 Å². The first-order chi connectivity index (χ1) is 9.86. The summed E-state index contributed by atoms with van der Waals surface area (Å²) in [6, 6.07) is 20.2. The Morgan fingerprint density at radius 3 is 1.70 bits per heavy atom. The Morgan fingerprint density at radius 1 is 0.800 bits per heavy atom. The summed E-state index contributed by atoms with van der Waals surface area (Å²) in [5, 5.41) is 0. The van der Waals surface area contributed by atoms with Gasteiger partial charge in [0.25, 0.3) is 0 Å². The zero-order valence-electron chi connectivity index (χ0n) is 11.5. The van der Waals surface area contributed by atoms with Crippen LogP contribution in [0.4, 0.5) is 0 Å². The summed E-state index contributed by atoms with van der Waals surface area (Å²) in [6.07, 6.45) is 2.25. The van der Waals surface area contributed by atoms with E-state index in [-0.39, 0.29) is 11.8 Å². The van der Waals surface area contributed by atoms with Gasteiger partial charge in [0.2, 0.25) is 5.91 Å². The first-order valence-electron chi connectivity index (χ1n) is 7.25. The van der Waals surface area contributed by atoms with Gasteiger partial charge in [-0.25, -0.2) is 0 Å². The molecule has 1 aliphatic rings. The lowest BCUT2D eigenvalue weighted by molar-refractivity contribution is -0.130. The van der Waals surface area contributed by atoms with Crippen molar-refractivity contribution in [3.05, 3.63) is 71.8 Å². The predicted octanol–water partition coefficient (Wildman–Crippen LogP) is 3.44. The summed E-state index contributed by atoms with van der Waals surface area (Å²) < 4.78 is 0. The molecule has 0 radical (unpaired) electrons. The molecule has 1 amide bonds.